The molecule has 0 aliphatic carbocycles. The molecule has 1 N–H and O–H groups in total. The Morgan fingerprint density at radius 2 is 1.75 bits per heavy atom. The third-order valence-electron chi connectivity index (χ3n) is 3.19. The zero-order valence-corrected chi connectivity index (χ0v) is 11.8. The van der Waals surface area contributed by atoms with Crippen LogP contribution in [0.5, 0.6) is 0 Å². The second-order valence-electron chi connectivity index (χ2n) is 4.49. The van der Waals surface area contributed by atoms with Gasteiger partial charge in [0, 0.05) is 11.9 Å². The van der Waals surface area contributed by atoms with Gasteiger partial charge in [0.15, 0.2) is 0 Å². The molecular formula is C14H10BrF3N2. The molecule has 0 unspecified atom stereocenters. The van der Waals surface area contributed by atoms with Gasteiger partial charge in [-0.25, -0.2) is 0 Å². The van der Waals surface area contributed by atoms with Gasteiger partial charge in [0.1, 0.15) is 0 Å². The van der Waals surface area contributed by atoms with E-state index in [0.29, 0.717) is 6.54 Å². The average molecular weight is 343 g/mol. The fraction of sp³-hybridized carbons (Fsp3) is 0.143. The predicted octanol–water partition coefficient (Wildman–Crippen LogP) is 4.33. The van der Waals surface area contributed by atoms with Crippen molar-refractivity contribution in [1.29, 1.82) is 0 Å². The molecule has 2 nitrogen and oxygen atoms in total. The maximum Gasteiger partial charge on any atom is 0.416 e. The first-order valence-electron chi connectivity index (χ1n) is 5.94. The molecule has 0 spiro atoms. The molecule has 0 fully saturated rings. The van der Waals surface area contributed by atoms with Gasteiger partial charge >= 0.3 is 6.18 Å². The molecule has 1 aromatic carbocycles. The summed E-state index contributed by atoms with van der Waals surface area (Å²) in [6.45, 7) is 0.637. The number of hydrogen-bond acceptors (Lipinski definition) is 1. The highest BCUT2D eigenvalue weighted by Gasteiger charge is 2.30. The largest absolute Gasteiger partial charge is 0.416 e. The van der Waals surface area contributed by atoms with Gasteiger partial charge in [0.25, 0.3) is 0 Å². The summed E-state index contributed by atoms with van der Waals surface area (Å²) in [5, 5.41) is 3.20. The van der Waals surface area contributed by atoms with E-state index >= 15 is 0 Å². The highest BCUT2D eigenvalue weighted by atomic mass is 79.9. The molecule has 0 radical (unpaired) electrons. The van der Waals surface area contributed by atoms with Crippen LogP contribution in [0, 0.1) is 0 Å². The van der Waals surface area contributed by atoms with Gasteiger partial charge in [-0.1, -0.05) is 12.1 Å². The molecule has 1 aliphatic heterocycles. The number of fused-ring (bicyclic) bond motifs is 1. The third kappa shape index (κ3) is 2.35. The molecule has 6 heteroatoms. The third-order valence-corrected chi connectivity index (χ3v) is 3.84. The van der Waals surface area contributed by atoms with Gasteiger partial charge in [-0.05, 0) is 45.8 Å². The van der Waals surface area contributed by atoms with Crippen LogP contribution in [-0.4, -0.2) is 4.57 Å². The lowest BCUT2D eigenvalue weighted by Gasteiger charge is -2.19. The molecule has 20 heavy (non-hydrogen) atoms. The maximum absolute atomic E-state index is 12.5. The zero-order valence-electron chi connectivity index (χ0n) is 10.2. The van der Waals surface area contributed by atoms with E-state index in [9.17, 15) is 13.2 Å². The first-order valence-corrected chi connectivity index (χ1v) is 6.73. The molecule has 0 saturated heterocycles. The van der Waals surface area contributed by atoms with E-state index in [1.165, 1.54) is 12.1 Å². The first-order chi connectivity index (χ1) is 9.45. The molecule has 3 rings (SSSR count). The zero-order chi connectivity index (χ0) is 14.3. The molecule has 0 atom stereocenters. The Morgan fingerprint density at radius 3 is 2.40 bits per heavy atom. The van der Waals surface area contributed by atoms with E-state index in [-0.39, 0.29) is 0 Å². The molecule has 0 bridgehead atoms. The van der Waals surface area contributed by atoms with Gasteiger partial charge in [-0.15, -0.1) is 0 Å². The lowest BCUT2D eigenvalue weighted by Crippen LogP contribution is -2.19. The Kier molecular flexibility index (Phi) is 3.12. The molecule has 0 saturated carbocycles. The standard InChI is InChI=1S/C14H10BrF3N2/c15-13-6-5-11-7-19-12(8-20(11)13)9-1-3-10(4-2-9)14(16,17)18/h1-6,8,19H,7H2. The van der Waals surface area contributed by atoms with E-state index in [1.807, 2.05) is 22.9 Å². The summed E-state index contributed by atoms with van der Waals surface area (Å²) >= 11 is 3.43. The Hall–Kier alpha value is -1.69. The van der Waals surface area contributed by atoms with Crippen LogP contribution in [0.1, 0.15) is 16.8 Å². The predicted molar refractivity (Wildman–Crippen MR) is 74.6 cm³/mol. The number of rotatable bonds is 1. The fourth-order valence-electron chi connectivity index (χ4n) is 2.13. The Balaban J connectivity index is 1.95. The summed E-state index contributed by atoms with van der Waals surface area (Å²) in [6.07, 6.45) is -2.44. The SMILES string of the molecule is FC(F)(F)c1ccc(C2=Cn3c(Br)ccc3CN2)cc1. The van der Waals surface area contributed by atoms with Crippen molar-refractivity contribution in [3.05, 3.63) is 57.8 Å². The van der Waals surface area contributed by atoms with Crippen molar-refractivity contribution in [2.24, 2.45) is 0 Å². The van der Waals surface area contributed by atoms with Crippen molar-refractivity contribution < 1.29 is 13.2 Å². The summed E-state index contributed by atoms with van der Waals surface area (Å²) in [5.74, 6) is 0. The highest BCUT2D eigenvalue weighted by molar-refractivity contribution is 9.10. The van der Waals surface area contributed by atoms with Gasteiger partial charge in [-0.2, -0.15) is 13.2 Å². The number of benzene rings is 1. The Morgan fingerprint density at radius 1 is 1.05 bits per heavy atom. The summed E-state index contributed by atoms with van der Waals surface area (Å²) in [5.41, 5.74) is 1.97. The molecule has 0 amide bonds. The van der Waals surface area contributed by atoms with E-state index in [0.717, 1.165) is 33.7 Å². The van der Waals surface area contributed by atoms with Crippen LogP contribution in [-0.2, 0) is 12.7 Å². The summed E-state index contributed by atoms with van der Waals surface area (Å²) in [6, 6.07) is 9.06. The quantitative estimate of drug-likeness (QED) is 0.816. The van der Waals surface area contributed by atoms with Gasteiger partial charge in [-0.3, -0.25) is 0 Å². The molecule has 2 aromatic rings. The van der Waals surface area contributed by atoms with Crippen LogP contribution in [0.15, 0.2) is 41.0 Å². The average Bonchev–Trinajstić information content (AvgIpc) is 2.79. The molecule has 1 aromatic heterocycles. The second-order valence-corrected chi connectivity index (χ2v) is 5.30. The number of halogens is 4. The minimum absolute atomic E-state index is 0.637. The van der Waals surface area contributed by atoms with Crippen molar-refractivity contribution in [3.8, 4) is 0 Å². The Bertz CT molecular complexity index is 669. The van der Waals surface area contributed by atoms with Crippen LogP contribution in [0.2, 0.25) is 0 Å². The van der Waals surface area contributed by atoms with Crippen molar-refractivity contribution in [3.63, 3.8) is 0 Å². The number of nitrogens with one attached hydrogen (secondary N) is 1. The van der Waals surface area contributed by atoms with Crippen LogP contribution >= 0.6 is 15.9 Å². The first kappa shape index (κ1) is 13.3. The fourth-order valence-corrected chi connectivity index (χ4v) is 2.59. The van der Waals surface area contributed by atoms with Crippen LogP contribution in [0.4, 0.5) is 13.2 Å². The topological polar surface area (TPSA) is 17.0 Å². The van der Waals surface area contributed by atoms with Crippen molar-refractivity contribution in [1.82, 2.24) is 9.88 Å². The summed E-state index contributed by atoms with van der Waals surface area (Å²) < 4.78 is 40.5. The lowest BCUT2D eigenvalue weighted by molar-refractivity contribution is -0.137. The monoisotopic (exact) mass is 342 g/mol. The highest BCUT2D eigenvalue weighted by Crippen LogP contribution is 2.30. The van der Waals surface area contributed by atoms with Crippen molar-refractivity contribution in [2.75, 3.05) is 0 Å². The van der Waals surface area contributed by atoms with Crippen molar-refractivity contribution in [2.45, 2.75) is 12.7 Å². The van der Waals surface area contributed by atoms with Gasteiger partial charge in [0.2, 0.25) is 0 Å². The van der Waals surface area contributed by atoms with Crippen LogP contribution in [0.3, 0.4) is 0 Å². The Labute approximate surface area is 122 Å². The molecule has 2 heterocycles. The number of alkyl halides is 3. The summed E-state index contributed by atoms with van der Waals surface area (Å²) in [4.78, 5) is 0. The minimum atomic E-state index is -4.30. The number of hydrogen-bond donors (Lipinski definition) is 1. The van der Waals surface area contributed by atoms with Gasteiger partial charge < -0.3 is 9.88 Å². The van der Waals surface area contributed by atoms with E-state index < -0.39 is 11.7 Å². The second kappa shape index (κ2) is 4.70. The van der Waals surface area contributed by atoms with Gasteiger partial charge in [0.05, 0.1) is 22.4 Å². The summed E-state index contributed by atoms with van der Waals surface area (Å²) in [7, 11) is 0. The lowest BCUT2D eigenvalue weighted by atomic mass is 10.1. The van der Waals surface area contributed by atoms with E-state index in [2.05, 4.69) is 21.2 Å². The van der Waals surface area contributed by atoms with E-state index in [4.69, 9.17) is 0 Å². The molecule has 104 valence electrons. The molecule has 1 aliphatic rings. The smallest absolute Gasteiger partial charge is 0.378 e. The minimum Gasteiger partial charge on any atom is -0.378 e. The van der Waals surface area contributed by atoms with Crippen LogP contribution < -0.4 is 5.32 Å². The molecular weight excluding hydrogens is 333 g/mol. The normalized spacial score (nSPS) is 14.5. The van der Waals surface area contributed by atoms with Crippen LogP contribution in [0.25, 0.3) is 11.9 Å². The van der Waals surface area contributed by atoms with Crippen molar-refractivity contribution >= 4 is 27.8 Å². The number of nitrogens with zero attached hydrogens (tertiary/aromatic N) is 1. The van der Waals surface area contributed by atoms with E-state index in [1.54, 1.807) is 0 Å². The number of aromatic nitrogens is 1. The maximum atomic E-state index is 12.5.